The first-order chi connectivity index (χ1) is 22.5. The van der Waals surface area contributed by atoms with Crippen molar-refractivity contribution in [2.24, 2.45) is 0 Å². The van der Waals surface area contributed by atoms with Crippen LogP contribution in [0.4, 0.5) is 0 Å². The van der Waals surface area contributed by atoms with Crippen molar-refractivity contribution in [3.63, 3.8) is 0 Å². The lowest BCUT2D eigenvalue weighted by Crippen LogP contribution is -2.21. The number of aromatic nitrogens is 4. The van der Waals surface area contributed by atoms with Crippen LogP contribution in [0.3, 0.4) is 0 Å². The normalized spacial score (nSPS) is 13.1. The molecule has 0 saturated heterocycles. The van der Waals surface area contributed by atoms with Crippen LogP contribution < -0.4 is 0 Å². The lowest BCUT2D eigenvalue weighted by Gasteiger charge is -2.18. The van der Waals surface area contributed by atoms with Crippen LogP contribution in [0.5, 0.6) is 0 Å². The molecule has 8 rings (SSSR count). The molecular weight excluding hydrogens is 692 g/mol. The maximum atomic E-state index is 12.9. The first-order valence-electron chi connectivity index (χ1n) is 14.4. The predicted octanol–water partition coefficient (Wildman–Crippen LogP) is 8.41. The number of carbonyl (C=O) groups is 4. The average molecular weight is 717 g/mol. The number of nitrogens with zero attached hydrogens (tertiary/aromatic N) is 4. The van der Waals surface area contributed by atoms with Gasteiger partial charge in [-0.05, 0) is 17.4 Å². The van der Waals surface area contributed by atoms with Crippen molar-refractivity contribution in [1.82, 2.24) is 17.5 Å². The van der Waals surface area contributed by atoms with Gasteiger partial charge in [0, 0.05) is 43.5 Å². The zero-order valence-electron chi connectivity index (χ0n) is 25.4. The van der Waals surface area contributed by atoms with Crippen molar-refractivity contribution in [3.05, 3.63) is 110 Å². The fourth-order valence-electron chi connectivity index (χ4n) is 5.30. The number of hydrogen-bond acceptors (Lipinski definition) is 12. The highest BCUT2D eigenvalue weighted by Crippen LogP contribution is 2.38. The Bertz CT molecular complexity index is 2260. The highest BCUT2D eigenvalue weighted by molar-refractivity contribution is 8.00. The van der Waals surface area contributed by atoms with Crippen molar-refractivity contribution < 1.29 is 19.2 Å². The van der Waals surface area contributed by atoms with Gasteiger partial charge in [0.25, 0.3) is 0 Å². The summed E-state index contributed by atoms with van der Waals surface area (Å²) in [4.78, 5) is 51.8. The smallest absolute Gasteiger partial charge is 0.196 e. The maximum Gasteiger partial charge on any atom is 0.196 e. The summed E-state index contributed by atoms with van der Waals surface area (Å²) in [6, 6.07) is 17.0. The summed E-state index contributed by atoms with van der Waals surface area (Å²) >= 11 is 13.8. The van der Waals surface area contributed by atoms with E-state index in [9.17, 15) is 19.2 Å². The van der Waals surface area contributed by atoms with Crippen LogP contribution in [-0.4, -0.2) is 51.1 Å². The van der Waals surface area contributed by atoms with Gasteiger partial charge in [-0.3, -0.25) is 19.2 Å². The van der Waals surface area contributed by atoms with Gasteiger partial charge < -0.3 is 0 Å². The Hall–Kier alpha value is -3.81. The minimum absolute atomic E-state index is 0.115. The Morgan fingerprint density at radius 2 is 0.979 bits per heavy atom. The number of benzene rings is 4. The molecule has 0 spiro atoms. The summed E-state index contributed by atoms with van der Waals surface area (Å²) in [5.41, 5.74) is 5.31. The Labute approximate surface area is 293 Å². The molecule has 0 N–H and O–H groups in total. The molecular formula is C34H25ClN4O4S4. The van der Waals surface area contributed by atoms with Crippen LogP contribution >= 0.6 is 59.4 Å². The summed E-state index contributed by atoms with van der Waals surface area (Å²) in [5, 5.41) is 1.22. The van der Waals surface area contributed by atoms with Crippen LogP contribution in [-0.2, 0) is 0 Å². The highest BCUT2D eigenvalue weighted by Gasteiger charge is 2.34. The second kappa shape index (κ2) is 13.4. The molecule has 0 saturated carbocycles. The molecule has 0 atom stereocenters. The monoisotopic (exact) mass is 716 g/mol. The van der Waals surface area contributed by atoms with E-state index in [2.05, 4.69) is 44.0 Å². The number of halogens is 1. The number of thiol groups is 1. The zero-order chi connectivity index (χ0) is 33.6. The number of thioether (sulfide) groups is 1. The summed E-state index contributed by atoms with van der Waals surface area (Å²) in [6.07, 6.45) is 0. The lowest BCUT2D eigenvalue weighted by atomic mass is 9.83. The predicted molar refractivity (Wildman–Crippen MR) is 192 cm³/mol. The standard InChI is InChI=1S/C17H12N2O2S2.C14H5ClN2O2S.C3H8S/c1-8(2)22-12-7-11-13(15-14(12)18-23-19-15)17(21)10-6-4-3-5-9(10)16(11)20;15-9-5-8-10(12-11(9)16-20-17-12)14(19)7-4-2-1-3-6(7)13(8)18;1-3(2)4/h3-8H,1-2H3;1-5H;3-4H,1-2H3. The van der Waals surface area contributed by atoms with Crippen LogP contribution in [0, 0.1) is 0 Å². The van der Waals surface area contributed by atoms with Gasteiger partial charge in [-0.1, -0.05) is 87.8 Å². The molecule has 0 fully saturated rings. The largest absolute Gasteiger partial charge is 0.289 e. The number of fused-ring (bicyclic) bond motifs is 8. The van der Waals surface area contributed by atoms with Crippen molar-refractivity contribution in [1.29, 1.82) is 0 Å². The number of carbonyl (C=O) groups excluding carboxylic acids is 4. The Kier molecular flexibility index (Phi) is 9.41. The van der Waals surface area contributed by atoms with Gasteiger partial charge in [0.1, 0.15) is 22.1 Å². The van der Waals surface area contributed by atoms with Crippen LogP contribution in [0.25, 0.3) is 22.1 Å². The van der Waals surface area contributed by atoms with Crippen molar-refractivity contribution in [2.75, 3.05) is 0 Å². The van der Waals surface area contributed by atoms with E-state index in [1.807, 2.05) is 13.8 Å². The Morgan fingerprint density at radius 3 is 1.45 bits per heavy atom. The van der Waals surface area contributed by atoms with E-state index >= 15 is 0 Å². The summed E-state index contributed by atoms with van der Waals surface area (Å²) in [7, 11) is 0. The highest BCUT2D eigenvalue weighted by atomic mass is 35.5. The van der Waals surface area contributed by atoms with Gasteiger partial charge >= 0.3 is 0 Å². The van der Waals surface area contributed by atoms with E-state index < -0.39 is 0 Å². The lowest BCUT2D eigenvalue weighted by molar-refractivity contribution is 0.0980. The first kappa shape index (κ1) is 33.1. The van der Waals surface area contributed by atoms with Gasteiger partial charge in [0.15, 0.2) is 23.1 Å². The molecule has 0 aliphatic heterocycles. The summed E-state index contributed by atoms with van der Waals surface area (Å²) in [6.45, 7) is 8.22. The van der Waals surface area contributed by atoms with Gasteiger partial charge in [-0.25, -0.2) is 0 Å². The van der Waals surface area contributed by atoms with Crippen LogP contribution in [0.15, 0.2) is 65.6 Å². The summed E-state index contributed by atoms with van der Waals surface area (Å²) < 4.78 is 16.8. The fourth-order valence-corrected chi connectivity index (χ4v) is 7.73. The topological polar surface area (TPSA) is 120 Å². The average Bonchev–Trinajstić information content (AvgIpc) is 3.74. The molecule has 6 aromatic rings. The molecule has 2 aliphatic rings. The zero-order valence-corrected chi connectivity index (χ0v) is 29.5. The number of hydrogen-bond donors (Lipinski definition) is 1. The molecule has 8 nitrogen and oxygen atoms in total. The third-order valence-electron chi connectivity index (χ3n) is 7.13. The van der Waals surface area contributed by atoms with E-state index in [-0.39, 0.29) is 23.1 Å². The molecule has 2 heterocycles. The number of ketones is 4. The third-order valence-corrected chi connectivity index (χ3v) is 9.52. The minimum Gasteiger partial charge on any atom is -0.289 e. The first-order valence-corrected chi connectivity index (χ1v) is 17.7. The van der Waals surface area contributed by atoms with E-state index in [4.69, 9.17) is 11.6 Å². The van der Waals surface area contributed by atoms with Gasteiger partial charge in [-0.2, -0.15) is 30.1 Å². The van der Waals surface area contributed by atoms with Crippen LogP contribution in [0.1, 0.15) is 91.4 Å². The van der Waals surface area contributed by atoms with E-state index in [0.29, 0.717) is 82.1 Å². The molecule has 0 radical (unpaired) electrons. The second-order valence-electron chi connectivity index (χ2n) is 11.2. The van der Waals surface area contributed by atoms with Crippen molar-refractivity contribution in [3.8, 4) is 0 Å². The van der Waals surface area contributed by atoms with Gasteiger partial charge in [-0.15, -0.1) is 11.8 Å². The fraction of sp³-hybridized carbons (Fsp3) is 0.176. The summed E-state index contributed by atoms with van der Waals surface area (Å²) in [5.74, 6) is -0.665. The van der Waals surface area contributed by atoms with Crippen molar-refractivity contribution >= 4 is 105 Å². The molecule has 13 heteroatoms. The molecule has 47 heavy (non-hydrogen) atoms. The molecule has 0 amide bonds. The third kappa shape index (κ3) is 6.04. The molecule has 0 unspecified atom stereocenters. The number of rotatable bonds is 2. The minimum atomic E-state index is -0.204. The second-order valence-corrected chi connectivity index (χ2v) is 15.3. The molecule has 2 aliphatic carbocycles. The maximum absolute atomic E-state index is 12.9. The Balaban J connectivity index is 0.000000149. The quantitative estimate of drug-likeness (QED) is 0.139. The van der Waals surface area contributed by atoms with E-state index in [0.717, 1.165) is 28.4 Å². The molecule has 0 bridgehead atoms. The molecule has 4 aromatic carbocycles. The van der Waals surface area contributed by atoms with E-state index in [1.165, 1.54) is 6.07 Å². The van der Waals surface area contributed by atoms with Gasteiger partial charge in [0.2, 0.25) is 0 Å². The molecule has 2 aromatic heterocycles. The van der Waals surface area contributed by atoms with Crippen LogP contribution in [0.2, 0.25) is 5.02 Å². The Morgan fingerprint density at radius 1 is 0.596 bits per heavy atom. The van der Waals surface area contributed by atoms with Gasteiger partial charge in [0.05, 0.1) is 39.6 Å². The molecule has 236 valence electrons. The SMILES string of the molecule is CC(C)S.CC(C)Sc1cc2c(c3nsnc13)C(=O)c1ccccc1C2=O.O=C1c2ccccc2C(=O)c2c1cc(Cl)c1nsnc21. The van der Waals surface area contributed by atoms with E-state index in [1.54, 1.807) is 66.4 Å². The van der Waals surface area contributed by atoms with Crippen molar-refractivity contribution in [2.45, 2.75) is 43.1 Å².